The van der Waals surface area contributed by atoms with Crippen LogP contribution in [0.4, 0.5) is 5.69 Å². The number of amides is 3. The number of hydrogen-bond donors (Lipinski definition) is 0. The maximum absolute atomic E-state index is 13.4. The number of furan rings is 1. The molecule has 0 spiro atoms. The summed E-state index contributed by atoms with van der Waals surface area (Å²) in [6.45, 7) is 2.17. The summed E-state index contributed by atoms with van der Waals surface area (Å²) in [5.74, 6) is 0.857. The van der Waals surface area contributed by atoms with Gasteiger partial charge >= 0.3 is 0 Å². The smallest absolute Gasteiger partial charge is 0.289 e. The number of carbonyl (C=O) groups is 3. The normalized spacial score (nSPS) is 15.1. The zero-order valence-corrected chi connectivity index (χ0v) is 21.4. The van der Waals surface area contributed by atoms with Crippen LogP contribution >= 0.6 is 0 Å². The number of aromatic nitrogens is 1. The highest BCUT2D eigenvalue weighted by Crippen LogP contribution is 2.33. The van der Waals surface area contributed by atoms with E-state index in [0.717, 1.165) is 22.6 Å². The van der Waals surface area contributed by atoms with Crippen molar-refractivity contribution >= 4 is 23.4 Å². The van der Waals surface area contributed by atoms with E-state index in [4.69, 9.17) is 9.15 Å². The van der Waals surface area contributed by atoms with Crippen LogP contribution in [-0.2, 0) is 6.54 Å². The number of hydrogen-bond acceptors (Lipinski definition) is 7. The van der Waals surface area contributed by atoms with Crippen molar-refractivity contribution in [2.75, 3.05) is 38.2 Å². The maximum Gasteiger partial charge on any atom is 0.289 e. The fourth-order valence-electron chi connectivity index (χ4n) is 5.06. The fraction of sp³-hybridized carbons (Fsp3) is 0.200. The van der Waals surface area contributed by atoms with Crippen LogP contribution < -0.4 is 9.64 Å². The number of nitrogens with zero attached hydrogens (tertiary/aromatic N) is 4. The number of carbonyl (C=O) groups excluding carboxylic acids is 3. The van der Waals surface area contributed by atoms with Gasteiger partial charge < -0.3 is 19.0 Å². The van der Waals surface area contributed by atoms with Gasteiger partial charge in [-0.25, -0.2) is 0 Å². The second-order valence-electron chi connectivity index (χ2n) is 9.42. The summed E-state index contributed by atoms with van der Waals surface area (Å²) in [6, 6.07) is 19.9. The first-order valence-corrected chi connectivity index (χ1v) is 12.7. The van der Waals surface area contributed by atoms with Crippen LogP contribution in [0.1, 0.15) is 36.8 Å². The minimum absolute atomic E-state index is 0.178. The molecule has 0 saturated carbocycles. The highest BCUT2D eigenvalue weighted by Gasteiger charge is 2.39. The molecule has 39 heavy (non-hydrogen) atoms. The summed E-state index contributed by atoms with van der Waals surface area (Å²) < 4.78 is 11.1. The lowest BCUT2D eigenvalue weighted by Crippen LogP contribution is -2.49. The Kier molecular flexibility index (Phi) is 6.32. The maximum atomic E-state index is 13.4. The van der Waals surface area contributed by atoms with Crippen molar-refractivity contribution in [1.82, 2.24) is 14.8 Å². The van der Waals surface area contributed by atoms with E-state index in [9.17, 15) is 14.4 Å². The molecule has 9 nitrogen and oxygen atoms in total. The van der Waals surface area contributed by atoms with Gasteiger partial charge in [-0.15, -0.1) is 0 Å². The number of fused-ring (bicyclic) bond motifs is 1. The molecule has 2 aromatic heterocycles. The topological polar surface area (TPSA) is 96.2 Å². The van der Waals surface area contributed by atoms with Crippen molar-refractivity contribution in [3.63, 3.8) is 0 Å². The highest BCUT2D eigenvalue weighted by molar-refractivity contribution is 6.23. The van der Waals surface area contributed by atoms with Gasteiger partial charge in [-0.3, -0.25) is 24.3 Å². The van der Waals surface area contributed by atoms with E-state index in [2.05, 4.69) is 9.88 Å². The van der Waals surface area contributed by atoms with Gasteiger partial charge in [0, 0.05) is 44.1 Å². The molecule has 0 aliphatic carbocycles. The molecule has 6 rings (SSSR count). The van der Waals surface area contributed by atoms with Gasteiger partial charge in [0.25, 0.3) is 17.7 Å². The first kappa shape index (κ1) is 24.4. The van der Waals surface area contributed by atoms with Crippen LogP contribution in [0, 0.1) is 0 Å². The third-order valence-electron chi connectivity index (χ3n) is 7.17. The van der Waals surface area contributed by atoms with Crippen molar-refractivity contribution in [2.24, 2.45) is 0 Å². The van der Waals surface area contributed by atoms with Gasteiger partial charge in [0.15, 0.2) is 5.76 Å². The molecule has 0 atom stereocenters. The number of ether oxygens (including phenoxy) is 1. The molecule has 4 heterocycles. The Morgan fingerprint density at radius 2 is 1.64 bits per heavy atom. The van der Waals surface area contributed by atoms with E-state index in [1.807, 2.05) is 30.3 Å². The molecule has 2 aliphatic rings. The van der Waals surface area contributed by atoms with E-state index in [1.165, 1.54) is 4.90 Å². The van der Waals surface area contributed by atoms with Gasteiger partial charge in [-0.1, -0.05) is 6.07 Å². The monoisotopic (exact) mass is 522 g/mol. The Morgan fingerprint density at radius 1 is 0.897 bits per heavy atom. The van der Waals surface area contributed by atoms with E-state index >= 15 is 0 Å². The van der Waals surface area contributed by atoms with Crippen LogP contribution in [0.25, 0.3) is 11.3 Å². The Labute approximate surface area is 225 Å². The molecular formula is C30H26N4O5. The number of piperazine rings is 1. The molecule has 2 aromatic carbocycles. The minimum atomic E-state index is -0.303. The molecule has 3 amide bonds. The van der Waals surface area contributed by atoms with Gasteiger partial charge in [0.1, 0.15) is 11.5 Å². The lowest BCUT2D eigenvalue weighted by molar-refractivity contribution is 0.0640. The number of anilines is 1. The fourth-order valence-corrected chi connectivity index (χ4v) is 5.06. The molecule has 9 heteroatoms. The highest BCUT2D eigenvalue weighted by atomic mass is 16.5. The third kappa shape index (κ3) is 4.52. The molecule has 196 valence electrons. The molecule has 0 N–H and O–H groups in total. The zero-order valence-electron chi connectivity index (χ0n) is 21.4. The van der Waals surface area contributed by atoms with Crippen molar-refractivity contribution < 1.29 is 23.5 Å². The third-order valence-corrected chi connectivity index (χ3v) is 7.17. The van der Waals surface area contributed by atoms with Crippen LogP contribution in [0.2, 0.25) is 0 Å². The lowest BCUT2D eigenvalue weighted by atomic mass is 10.1. The van der Waals surface area contributed by atoms with Crippen molar-refractivity contribution in [3.05, 3.63) is 102 Å². The summed E-state index contributed by atoms with van der Waals surface area (Å²) in [7, 11) is 1.61. The molecule has 2 aliphatic heterocycles. The van der Waals surface area contributed by atoms with E-state index < -0.39 is 0 Å². The number of pyridine rings is 1. The van der Waals surface area contributed by atoms with E-state index in [1.54, 1.807) is 60.8 Å². The van der Waals surface area contributed by atoms with E-state index in [-0.39, 0.29) is 30.0 Å². The van der Waals surface area contributed by atoms with Gasteiger partial charge in [0.05, 0.1) is 30.5 Å². The number of rotatable bonds is 6. The SMILES string of the molecule is COc1ccc(-c2ccc(C(=O)N3CCN(c4cccc5c4C(=O)N(Cc4ccncc4)C5=O)CC3)o2)cc1. The lowest BCUT2D eigenvalue weighted by Gasteiger charge is -2.36. The summed E-state index contributed by atoms with van der Waals surface area (Å²) in [5, 5.41) is 0. The minimum Gasteiger partial charge on any atom is -0.497 e. The quantitative estimate of drug-likeness (QED) is 0.352. The molecule has 1 saturated heterocycles. The average molecular weight is 523 g/mol. The van der Waals surface area contributed by atoms with Gasteiger partial charge in [0.2, 0.25) is 0 Å². The standard InChI is InChI=1S/C30H26N4O5/c1-38-22-7-5-21(6-8-22)25-9-10-26(39-25)29(36)33-17-15-32(16-18-33)24-4-2-3-23-27(24)30(37)34(28(23)35)19-20-11-13-31-14-12-20/h2-14H,15-19H2,1H3. The summed E-state index contributed by atoms with van der Waals surface area (Å²) >= 11 is 0. The van der Waals surface area contributed by atoms with Gasteiger partial charge in [-0.2, -0.15) is 0 Å². The van der Waals surface area contributed by atoms with E-state index in [0.29, 0.717) is 43.1 Å². The predicted octanol–water partition coefficient (Wildman–Crippen LogP) is 4.11. The second-order valence-corrected chi connectivity index (χ2v) is 9.42. The average Bonchev–Trinajstić information content (AvgIpc) is 3.58. The van der Waals surface area contributed by atoms with Crippen LogP contribution in [0.3, 0.4) is 0 Å². The summed E-state index contributed by atoms with van der Waals surface area (Å²) in [4.78, 5) is 48.7. The Morgan fingerprint density at radius 3 is 2.36 bits per heavy atom. The number of imide groups is 1. The zero-order chi connectivity index (χ0) is 26.9. The number of methoxy groups -OCH3 is 1. The first-order valence-electron chi connectivity index (χ1n) is 12.7. The molecule has 4 aromatic rings. The second kappa shape index (κ2) is 10.1. The largest absolute Gasteiger partial charge is 0.497 e. The molecular weight excluding hydrogens is 496 g/mol. The molecule has 0 radical (unpaired) electrons. The Bertz CT molecular complexity index is 1540. The summed E-state index contributed by atoms with van der Waals surface area (Å²) in [5.41, 5.74) is 3.24. The Hall–Kier alpha value is -4.92. The Balaban J connectivity index is 1.14. The van der Waals surface area contributed by atoms with Crippen molar-refractivity contribution in [3.8, 4) is 17.1 Å². The summed E-state index contributed by atoms with van der Waals surface area (Å²) in [6.07, 6.45) is 3.28. The molecule has 0 unspecified atom stereocenters. The predicted molar refractivity (Wildman–Crippen MR) is 144 cm³/mol. The van der Waals surface area contributed by atoms with Crippen molar-refractivity contribution in [2.45, 2.75) is 6.54 Å². The van der Waals surface area contributed by atoms with Crippen LogP contribution in [0.5, 0.6) is 5.75 Å². The van der Waals surface area contributed by atoms with Crippen LogP contribution in [0.15, 0.2) is 83.5 Å². The number of benzene rings is 2. The van der Waals surface area contributed by atoms with Gasteiger partial charge in [-0.05, 0) is 66.2 Å². The first-order chi connectivity index (χ1) is 19.0. The molecule has 1 fully saturated rings. The van der Waals surface area contributed by atoms with Crippen LogP contribution in [-0.4, -0.2) is 65.8 Å². The van der Waals surface area contributed by atoms with Crippen molar-refractivity contribution in [1.29, 1.82) is 0 Å². The molecule has 0 bridgehead atoms.